The fourth-order valence-corrected chi connectivity index (χ4v) is 6.07. The minimum atomic E-state index is -1.16. The van der Waals surface area contributed by atoms with Gasteiger partial charge in [0.25, 0.3) is 0 Å². The molecule has 4 rings (SSSR count). The Bertz CT molecular complexity index is 1150. The molecule has 0 saturated heterocycles. The van der Waals surface area contributed by atoms with E-state index in [9.17, 15) is 5.26 Å². The molecule has 0 amide bonds. The first-order valence-corrected chi connectivity index (χ1v) is 14.3. The van der Waals surface area contributed by atoms with Crippen LogP contribution in [0.4, 0.5) is 0 Å². The van der Waals surface area contributed by atoms with Crippen LogP contribution in [0.25, 0.3) is 0 Å². The van der Waals surface area contributed by atoms with Crippen molar-refractivity contribution >= 4 is 79.6 Å². The summed E-state index contributed by atoms with van der Waals surface area (Å²) in [5.41, 5.74) is 2.57. The highest BCUT2D eigenvalue weighted by Crippen LogP contribution is 2.51. The number of benzene rings is 4. The topological polar surface area (TPSA) is 29.5 Å². The first-order chi connectivity index (χ1) is 16.3. The lowest BCUT2D eigenvalue weighted by molar-refractivity contribution is -0.318. The molecule has 0 bridgehead atoms. The Morgan fingerprint density at radius 1 is 0.500 bits per heavy atom. The Hall–Kier alpha value is -0.800. The summed E-state index contributed by atoms with van der Waals surface area (Å²) < 4.78 is 3.20. The Labute approximate surface area is 241 Å². The van der Waals surface area contributed by atoms with Crippen LogP contribution < -0.4 is 0 Å². The molecule has 2 nitrogen and oxygen atoms in total. The summed E-state index contributed by atoms with van der Waals surface area (Å²) in [5, 5.41) is 10.6. The smallest absolute Gasteiger partial charge is 0.155 e. The number of hydrogen-bond acceptors (Lipinski definition) is 2. The highest BCUT2D eigenvalue weighted by atomic mass is 79.9. The predicted molar refractivity (Wildman–Crippen MR) is 155 cm³/mol. The van der Waals surface area contributed by atoms with Crippen molar-refractivity contribution in [3.05, 3.63) is 137 Å². The van der Waals surface area contributed by atoms with Crippen molar-refractivity contribution in [1.82, 2.24) is 0 Å². The van der Waals surface area contributed by atoms with E-state index in [1.165, 1.54) is 0 Å². The molecule has 1 N–H and O–H groups in total. The van der Waals surface area contributed by atoms with Crippen LogP contribution in [0, 0.1) is 0 Å². The van der Waals surface area contributed by atoms with Gasteiger partial charge in [-0.2, -0.15) is 0 Å². The minimum absolute atomic E-state index is 0.378. The SMILES string of the molecule is OOC(CC(Br)(c1ccc(Br)cc1)c1ccc(Br)cc1)(c1ccc(Br)cc1)c1ccc(Br)cc1. The summed E-state index contributed by atoms with van der Waals surface area (Å²) in [6, 6.07) is 32.1. The van der Waals surface area contributed by atoms with Gasteiger partial charge in [0.2, 0.25) is 0 Å². The van der Waals surface area contributed by atoms with Crippen molar-refractivity contribution in [3.8, 4) is 0 Å². The quantitative estimate of drug-likeness (QED) is 0.115. The second-order valence-corrected chi connectivity index (χ2v) is 12.9. The van der Waals surface area contributed by atoms with Gasteiger partial charge in [0.15, 0.2) is 5.60 Å². The van der Waals surface area contributed by atoms with Crippen molar-refractivity contribution in [2.75, 3.05) is 0 Å². The van der Waals surface area contributed by atoms with Crippen molar-refractivity contribution in [3.63, 3.8) is 0 Å². The zero-order valence-electron chi connectivity index (χ0n) is 17.7. The van der Waals surface area contributed by atoms with Crippen LogP contribution in [0.5, 0.6) is 0 Å². The van der Waals surface area contributed by atoms with E-state index in [1.54, 1.807) is 0 Å². The van der Waals surface area contributed by atoms with Crippen LogP contribution in [-0.4, -0.2) is 5.26 Å². The molecule has 0 fully saturated rings. The largest absolute Gasteiger partial charge is 0.251 e. The van der Waals surface area contributed by atoms with Gasteiger partial charge in [0.05, 0.1) is 4.32 Å². The second-order valence-electron chi connectivity index (χ2n) is 7.92. The van der Waals surface area contributed by atoms with E-state index in [-0.39, 0.29) is 0 Å². The standard InChI is InChI=1S/C27H19Br5O2/c28-22-9-1-18(2-10-22)26(32,19-3-11-23(29)12-4-19)17-27(34-33,20-5-13-24(30)14-6-20)21-7-15-25(31)16-8-21/h1-16,33H,17H2. The van der Waals surface area contributed by atoms with E-state index in [2.05, 4.69) is 104 Å². The molecule has 0 atom stereocenters. The zero-order chi connectivity index (χ0) is 24.3. The van der Waals surface area contributed by atoms with Gasteiger partial charge in [-0.25, -0.2) is 4.89 Å². The Balaban J connectivity index is 1.96. The minimum Gasteiger partial charge on any atom is -0.251 e. The molecule has 0 heterocycles. The molecule has 4 aromatic carbocycles. The number of rotatable bonds is 7. The number of hydrogen-bond donors (Lipinski definition) is 1. The second kappa shape index (κ2) is 11.1. The van der Waals surface area contributed by atoms with Gasteiger partial charge >= 0.3 is 0 Å². The summed E-state index contributed by atoms with van der Waals surface area (Å²) in [5.74, 6) is 0. The molecular formula is C27H19Br5O2. The predicted octanol–water partition coefficient (Wildman–Crippen LogP) is 10.2. The molecular weight excluding hydrogens is 756 g/mol. The summed E-state index contributed by atoms with van der Waals surface area (Å²) in [6.07, 6.45) is 0.378. The molecule has 174 valence electrons. The van der Waals surface area contributed by atoms with Gasteiger partial charge in [0, 0.05) is 24.3 Å². The third kappa shape index (κ3) is 5.46. The van der Waals surface area contributed by atoms with Gasteiger partial charge in [-0.05, 0) is 70.8 Å². The Morgan fingerprint density at radius 3 is 1.03 bits per heavy atom. The lowest BCUT2D eigenvalue weighted by Crippen LogP contribution is -2.38. The summed E-state index contributed by atoms with van der Waals surface area (Å²) in [7, 11) is 0. The average molecular weight is 775 g/mol. The molecule has 0 aromatic heterocycles. The molecule has 0 unspecified atom stereocenters. The third-order valence-corrected chi connectivity index (χ3v) is 9.18. The molecule has 0 saturated carbocycles. The van der Waals surface area contributed by atoms with Gasteiger partial charge in [-0.1, -0.05) is 128 Å². The molecule has 7 heteroatoms. The van der Waals surface area contributed by atoms with Gasteiger partial charge < -0.3 is 0 Å². The maximum Gasteiger partial charge on any atom is 0.155 e. The molecule has 0 spiro atoms. The number of alkyl halides is 1. The zero-order valence-corrected chi connectivity index (χ0v) is 25.6. The first-order valence-electron chi connectivity index (χ1n) is 10.3. The van der Waals surface area contributed by atoms with Crippen LogP contribution in [0.2, 0.25) is 0 Å². The van der Waals surface area contributed by atoms with Crippen molar-refractivity contribution in [2.45, 2.75) is 16.3 Å². The summed E-state index contributed by atoms with van der Waals surface area (Å²) >= 11 is 18.2. The molecule has 34 heavy (non-hydrogen) atoms. The molecule has 0 radical (unpaired) electrons. The van der Waals surface area contributed by atoms with Crippen LogP contribution in [0.1, 0.15) is 28.7 Å². The molecule has 0 aliphatic carbocycles. The number of halogens is 5. The van der Waals surface area contributed by atoms with E-state index in [4.69, 9.17) is 4.89 Å². The van der Waals surface area contributed by atoms with Crippen molar-refractivity contribution < 1.29 is 10.1 Å². The van der Waals surface area contributed by atoms with Crippen LogP contribution >= 0.6 is 79.6 Å². The van der Waals surface area contributed by atoms with Crippen molar-refractivity contribution in [2.24, 2.45) is 0 Å². The summed E-state index contributed by atoms with van der Waals surface area (Å²) in [4.78, 5) is 5.50. The average Bonchev–Trinajstić information content (AvgIpc) is 2.84. The first kappa shape index (κ1) is 26.3. The lowest BCUT2D eigenvalue weighted by Gasteiger charge is -2.40. The third-order valence-electron chi connectivity index (χ3n) is 5.87. The van der Waals surface area contributed by atoms with E-state index in [1.807, 2.05) is 72.8 Å². The van der Waals surface area contributed by atoms with E-state index < -0.39 is 9.93 Å². The van der Waals surface area contributed by atoms with Crippen LogP contribution in [-0.2, 0) is 14.8 Å². The highest BCUT2D eigenvalue weighted by molar-refractivity contribution is 9.11. The lowest BCUT2D eigenvalue weighted by atomic mass is 9.75. The fourth-order valence-electron chi connectivity index (χ4n) is 4.09. The Morgan fingerprint density at radius 2 is 0.765 bits per heavy atom. The van der Waals surface area contributed by atoms with Crippen molar-refractivity contribution in [1.29, 1.82) is 0 Å². The monoisotopic (exact) mass is 770 g/mol. The molecule has 4 aromatic rings. The normalized spacial score (nSPS) is 12.1. The fraction of sp³-hybridized carbons (Fsp3) is 0.111. The molecule has 0 aliphatic rings. The van der Waals surface area contributed by atoms with E-state index >= 15 is 0 Å². The van der Waals surface area contributed by atoms with Gasteiger partial charge in [-0.3, -0.25) is 5.26 Å². The van der Waals surface area contributed by atoms with E-state index in [0.29, 0.717) is 6.42 Å². The van der Waals surface area contributed by atoms with Gasteiger partial charge in [-0.15, -0.1) is 0 Å². The van der Waals surface area contributed by atoms with Crippen LogP contribution in [0.3, 0.4) is 0 Å². The summed E-state index contributed by atoms with van der Waals surface area (Å²) in [6.45, 7) is 0. The van der Waals surface area contributed by atoms with Crippen LogP contribution in [0.15, 0.2) is 115 Å². The highest BCUT2D eigenvalue weighted by Gasteiger charge is 2.46. The maximum atomic E-state index is 10.6. The van der Waals surface area contributed by atoms with Gasteiger partial charge in [0.1, 0.15) is 0 Å². The Kier molecular flexibility index (Phi) is 8.56. The maximum absolute atomic E-state index is 10.6. The molecule has 0 aliphatic heterocycles. The van der Waals surface area contributed by atoms with E-state index in [0.717, 1.165) is 40.1 Å².